The van der Waals surface area contributed by atoms with Crippen molar-refractivity contribution >= 4 is 29.2 Å². The summed E-state index contributed by atoms with van der Waals surface area (Å²) < 4.78 is 0. The first-order chi connectivity index (χ1) is 12.0. The lowest BCUT2D eigenvalue weighted by molar-refractivity contribution is -0.117. The zero-order valence-corrected chi connectivity index (χ0v) is 17.4. The van der Waals surface area contributed by atoms with E-state index >= 15 is 0 Å². The van der Waals surface area contributed by atoms with Gasteiger partial charge < -0.3 is 10.2 Å². The number of nitrogens with zero attached hydrogens (tertiary/aromatic N) is 4. The smallest absolute Gasteiger partial charge is 0.238 e. The predicted molar refractivity (Wildman–Crippen MR) is 108 cm³/mol. The molecular weight excluding hydrogens is 334 g/mol. The van der Waals surface area contributed by atoms with Crippen molar-refractivity contribution < 1.29 is 4.79 Å². The highest BCUT2D eigenvalue weighted by atomic mass is 32.2. The molecule has 0 fully saturated rings. The number of aromatic nitrogens is 2. The van der Waals surface area contributed by atoms with Crippen LogP contribution in [0.1, 0.15) is 46.4 Å². The molecule has 0 saturated heterocycles. The average molecular weight is 368 g/mol. The Balaban J connectivity index is 3.07. The minimum absolute atomic E-state index is 0.00180. The highest BCUT2D eigenvalue weighted by Crippen LogP contribution is 2.32. The molecule has 0 aliphatic rings. The maximum Gasteiger partial charge on any atom is 0.238 e. The van der Waals surface area contributed by atoms with Crippen LogP contribution in [-0.2, 0) is 4.79 Å². The second-order valence-corrected chi connectivity index (χ2v) is 6.77. The van der Waals surface area contributed by atoms with Crippen LogP contribution in [0.5, 0.6) is 0 Å². The number of thioether (sulfide) groups is 1. The Kier molecular flexibility index (Phi) is 9.82. The summed E-state index contributed by atoms with van der Waals surface area (Å²) in [6, 6.07) is 0. The highest BCUT2D eigenvalue weighted by molar-refractivity contribution is 7.98. The third-order valence-electron chi connectivity index (χ3n) is 3.94. The monoisotopic (exact) mass is 367 g/mol. The van der Waals surface area contributed by atoms with Crippen molar-refractivity contribution in [3.8, 4) is 0 Å². The number of anilines is 2. The van der Waals surface area contributed by atoms with Gasteiger partial charge in [0.1, 0.15) is 16.5 Å². The van der Waals surface area contributed by atoms with Crippen LogP contribution in [0.2, 0.25) is 0 Å². The van der Waals surface area contributed by atoms with E-state index in [1.807, 2.05) is 13.2 Å². The largest absolute Gasteiger partial charge is 0.355 e. The Morgan fingerprint density at radius 2 is 1.68 bits per heavy atom. The standard InChI is InChI=1S/C18H33N5OS/c1-7-11-22(12-8-2)13-15(24)21-16-17(23(9-3)10-4)19-14(5)20-18(16)25-6/h7-13H2,1-6H3,(H,21,24). The summed E-state index contributed by atoms with van der Waals surface area (Å²) >= 11 is 1.54. The van der Waals surface area contributed by atoms with Gasteiger partial charge in [0, 0.05) is 13.1 Å². The van der Waals surface area contributed by atoms with E-state index in [0.717, 1.165) is 61.4 Å². The molecule has 1 aromatic heterocycles. The van der Waals surface area contributed by atoms with Gasteiger partial charge in [0.15, 0.2) is 5.82 Å². The van der Waals surface area contributed by atoms with Gasteiger partial charge in [-0.3, -0.25) is 9.69 Å². The number of carbonyl (C=O) groups is 1. The van der Waals surface area contributed by atoms with E-state index in [1.165, 1.54) is 11.8 Å². The van der Waals surface area contributed by atoms with Crippen LogP contribution in [0.25, 0.3) is 0 Å². The molecular formula is C18H33N5OS. The lowest BCUT2D eigenvalue weighted by Crippen LogP contribution is -2.35. The minimum atomic E-state index is -0.00180. The van der Waals surface area contributed by atoms with E-state index in [9.17, 15) is 4.79 Å². The van der Waals surface area contributed by atoms with Gasteiger partial charge >= 0.3 is 0 Å². The molecule has 6 nitrogen and oxygen atoms in total. The summed E-state index contributed by atoms with van der Waals surface area (Å²) in [4.78, 5) is 26.1. The van der Waals surface area contributed by atoms with Crippen LogP contribution in [0.4, 0.5) is 11.5 Å². The van der Waals surface area contributed by atoms with Crippen LogP contribution in [0.3, 0.4) is 0 Å². The third kappa shape index (κ3) is 6.47. The van der Waals surface area contributed by atoms with Crippen molar-refractivity contribution in [2.24, 2.45) is 0 Å². The predicted octanol–water partition coefficient (Wildman–Crippen LogP) is 3.41. The lowest BCUT2D eigenvalue weighted by atomic mass is 10.3. The van der Waals surface area contributed by atoms with Gasteiger partial charge in [-0.15, -0.1) is 11.8 Å². The van der Waals surface area contributed by atoms with Gasteiger partial charge in [0.05, 0.1) is 6.54 Å². The van der Waals surface area contributed by atoms with Crippen LogP contribution < -0.4 is 10.2 Å². The minimum Gasteiger partial charge on any atom is -0.355 e. The van der Waals surface area contributed by atoms with Gasteiger partial charge in [-0.1, -0.05) is 13.8 Å². The fourth-order valence-electron chi connectivity index (χ4n) is 2.83. The molecule has 0 aromatic carbocycles. The zero-order valence-electron chi connectivity index (χ0n) is 16.6. The molecule has 0 aliphatic carbocycles. The molecule has 0 unspecified atom stereocenters. The first-order valence-corrected chi connectivity index (χ1v) is 10.4. The number of amides is 1. The summed E-state index contributed by atoms with van der Waals surface area (Å²) in [7, 11) is 0. The van der Waals surface area contributed by atoms with Crippen LogP contribution in [0, 0.1) is 6.92 Å². The molecule has 1 N–H and O–H groups in total. The number of nitrogens with one attached hydrogen (secondary N) is 1. The van der Waals surface area contributed by atoms with Crippen molar-refractivity contribution in [2.75, 3.05) is 49.2 Å². The van der Waals surface area contributed by atoms with Crippen LogP contribution >= 0.6 is 11.8 Å². The molecule has 25 heavy (non-hydrogen) atoms. The summed E-state index contributed by atoms with van der Waals surface area (Å²) in [6.45, 7) is 14.3. The van der Waals surface area contributed by atoms with Crippen molar-refractivity contribution in [3.05, 3.63) is 5.82 Å². The molecule has 0 saturated carbocycles. The normalized spacial score (nSPS) is 11.0. The van der Waals surface area contributed by atoms with E-state index in [2.05, 4.69) is 52.8 Å². The lowest BCUT2D eigenvalue weighted by Gasteiger charge is -2.25. The van der Waals surface area contributed by atoms with E-state index in [1.54, 1.807) is 0 Å². The molecule has 142 valence electrons. The second-order valence-electron chi connectivity index (χ2n) is 5.98. The number of rotatable bonds is 11. The van der Waals surface area contributed by atoms with Crippen LogP contribution in [-0.4, -0.2) is 59.8 Å². The number of hydrogen-bond donors (Lipinski definition) is 1. The maximum atomic E-state index is 12.6. The molecule has 1 heterocycles. The van der Waals surface area contributed by atoms with Crippen molar-refractivity contribution in [1.82, 2.24) is 14.9 Å². The van der Waals surface area contributed by atoms with Gasteiger partial charge in [0.25, 0.3) is 0 Å². The zero-order chi connectivity index (χ0) is 18.8. The van der Waals surface area contributed by atoms with Gasteiger partial charge in [-0.25, -0.2) is 9.97 Å². The van der Waals surface area contributed by atoms with E-state index in [0.29, 0.717) is 6.54 Å². The first kappa shape index (κ1) is 21.7. The second kappa shape index (κ2) is 11.3. The molecule has 0 bridgehead atoms. The summed E-state index contributed by atoms with van der Waals surface area (Å²) in [5.41, 5.74) is 0.736. The van der Waals surface area contributed by atoms with E-state index in [-0.39, 0.29) is 5.91 Å². The van der Waals surface area contributed by atoms with Gasteiger partial charge in [-0.2, -0.15) is 0 Å². The Morgan fingerprint density at radius 1 is 1.08 bits per heavy atom. The maximum absolute atomic E-state index is 12.6. The quantitative estimate of drug-likeness (QED) is 0.478. The molecule has 0 radical (unpaired) electrons. The number of carbonyl (C=O) groups excluding carboxylic acids is 1. The average Bonchev–Trinajstić information content (AvgIpc) is 2.58. The topological polar surface area (TPSA) is 61.4 Å². The molecule has 7 heteroatoms. The summed E-state index contributed by atoms with van der Waals surface area (Å²) in [5, 5.41) is 3.91. The van der Waals surface area contributed by atoms with E-state index in [4.69, 9.17) is 0 Å². The van der Waals surface area contributed by atoms with Crippen molar-refractivity contribution in [1.29, 1.82) is 0 Å². The Morgan fingerprint density at radius 3 is 2.16 bits per heavy atom. The molecule has 1 rings (SSSR count). The van der Waals surface area contributed by atoms with Gasteiger partial charge in [-0.05, 0) is 53.0 Å². The van der Waals surface area contributed by atoms with Crippen LogP contribution in [0.15, 0.2) is 5.03 Å². The third-order valence-corrected chi connectivity index (χ3v) is 4.62. The fraction of sp³-hybridized carbons (Fsp3) is 0.722. The van der Waals surface area contributed by atoms with Crippen molar-refractivity contribution in [2.45, 2.75) is 52.5 Å². The molecule has 1 aromatic rings. The molecule has 0 atom stereocenters. The number of hydrogen-bond acceptors (Lipinski definition) is 6. The molecule has 0 aliphatic heterocycles. The van der Waals surface area contributed by atoms with Crippen molar-refractivity contribution in [3.63, 3.8) is 0 Å². The summed E-state index contributed by atoms with van der Waals surface area (Å²) in [6.07, 6.45) is 4.06. The van der Waals surface area contributed by atoms with E-state index < -0.39 is 0 Å². The Labute approximate surface area is 156 Å². The first-order valence-electron chi connectivity index (χ1n) is 9.20. The van der Waals surface area contributed by atoms with Gasteiger partial charge in [0.2, 0.25) is 5.91 Å². The SMILES string of the molecule is CCCN(CCC)CC(=O)Nc1c(SC)nc(C)nc1N(CC)CC. The molecule has 0 spiro atoms. The number of aryl methyl sites for hydroxylation is 1. The fourth-order valence-corrected chi connectivity index (χ4v) is 3.40. The molecule has 1 amide bonds. The Bertz CT molecular complexity index is 543. The Hall–Kier alpha value is -1.34. The highest BCUT2D eigenvalue weighted by Gasteiger charge is 2.20. The summed E-state index contributed by atoms with van der Waals surface area (Å²) in [5.74, 6) is 1.54.